The quantitative estimate of drug-likeness (QED) is 0.549. The molecule has 0 radical (unpaired) electrons. The number of anilines is 1. The van der Waals surface area contributed by atoms with E-state index in [2.05, 4.69) is 9.97 Å². The molecule has 3 atom stereocenters. The molecule has 1 aliphatic rings. The minimum atomic E-state index is -0.744. The summed E-state index contributed by atoms with van der Waals surface area (Å²) >= 11 is 0. The maximum absolute atomic E-state index is 11.7. The number of H-pyrrole nitrogens is 1. The van der Waals surface area contributed by atoms with E-state index in [-0.39, 0.29) is 18.1 Å². The Morgan fingerprint density at radius 2 is 2.42 bits per heavy atom. The van der Waals surface area contributed by atoms with Gasteiger partial charge in [-0.2, -0.15) is 4.98 Å². The molecule has 8 nitrogen and oxygen atoms in total. The number of aliphatic hydroxyl groups is 2. The van der Waals surface area contributed by atoms with Crippen molar-refractivity contribution in [3.8, 4) is 0 Å². The van der Waals surface area contributed by atoms with Crippen LogP contribution in [0.1, 0.15) is 12.6 Å². The zero-order valence-electron chi connectivity index (χ0n) is 9.98. The number of hydrogen-bond acceptors (Lipinski definition) is 6. The fourth-order valence-corrected chi connectivity index (χ4v) is 2.34. The van der Waals surface area contributed by atoms with Crippen LogP contribution in [0.2, 0.25) is 0 Å². The third kappa shape index (κ3) is 1.89. The van der Waals surface area contributed by atoms with Gasteiger partial charge in [-0.05, 0) is 6.07 Å². The molecule has 1 saturated heterocycles. The fourth-order valence-electron chi connectivity index (χ4n) is 2.34. The third-order valence-corrected chi connectivity index (χ3v) is 3.29. The molecule has 1 unspecified atom stereocenters. The van der Waals surface area contributed by atoms with Crippen LogP contribution in [0, 0.1) is 0 Å². The molecule has 102 valence electrons. The number of nitrogens with two attached hydrogens (primary N) is 1. The molecule has 3 heterocycles. The third-order valence-electron chi connectivity index (χ3n) is 3.29. The Balaban J connectivity index is 2.05. The maximum atomic E-state index is 11.7. The molecule has 3 rings (SSSR count). The smallest absolute Gasteiger partial charge is 0.261 e. The van der Waals surface area contributed by atoms with Crippen LogP contribution in [0.4, 0.5) is 5.95 Å². The number of rotatable bonds is 2. The summed E-state index contributed by atoms with van der Waals surface area (Å²) in [6.07, 6.45) is 0.138. The number of fused-ring (bicyclic) bond motifs is 1. The van der Waals surface area contributed by atoms with E-state index in [1.807, 2.05) is 0 Å². The maximum Gasteiger partial charge on any atom is 0.261 e. The first-order valence-electron chi connectivity index (χ1n) is 5.91. The molecule has 0 spiro atoms. The number of nitrogens with one attached hydrogen (secondary N) is 1. The van der Waals surface area contributed by atoms with Gasteiger partial charge in [0.05, 0.1) is 18.1 Å². The van der Waals surface area contributed by atoms with Crippen LogP contribution in [0.25, 0.3) is 11.0 Å². The SMILES string of the molecule is Nc1nc2c(ccn2[C@H]2C[C@@H](O)C(CO)O2)c(=O)[nH]1. The molecule has 5 N–H and O–H groups in total. The Morgan fingerprint density at radius 3 is 3.11 bits per heavy atom. The highest BCUT2D eigenvalue weighted by Crippen LogP contribution is 2.30. The Kier molecular flexibility index (Phi) is 2.77. The predicted molar refractivity (Wildman–Crippen MR) is 66.4 cm³/mol. The monoisotopic (exact) mass is 266 g/mol. The summed E-state index contributed by atoms with van der Waals surface area (Å²) in [5.41, 5.74) is 5.60. The van der Waals surface area contributed by atoms with Crippen LogP contribution in [0.15, 0.2) is 17.1 Å². The van der Waals surface area contributed by atoms with Gasteiger partial charge in [0.1, 0.15) is 12.3 Å². The standard InChI is InChI=1S/C11H14N4O4/c12-11-13-9-5(10(18)14-11)1-2-15(9)8-3-6(17)7(4-16)19-8/h1-2,6-8,16-17H,3-4H2,(H3,12,13,14,18)/t6-,7?,8-/m1/s1. The van der Waals surface area contributed by atoms with Gasteiger partial charge in [0, 0.05) is 12.6 Å². The number of nitrogen functional groups attached to an aromatic ring is 1. The topological polar surface area (TPSA) is 126 Å². The van der Waals surface area contributed by atoms with Gasteiger partial charge in [0.25, 0.3) is 5.56 Å². The van der Waals surface area contributed by atoms with Crippen LogP contribution in [-0.2, 0) is 4.74 Å². The molecule has 0 saturated carbocycles. The summed E-state index contributed by atoms with van der Waals surface area (Å²) in [5.74, 6) is 0.0229. The van der Waals surface area contributed by atoms with Gasteiger partial charge in [-0.15, -0.1) is 0 Å². The average Bonchev–Trinajstić information content (AvgIpc) is 2.92. The molecule has 0 bridgehead atoms. The molecular weight excluding hydrogens is 252 g/mol. The Hall–Kier alpha value is -1.90. The molecule has 2 aromatic rings. The molecule has 8 heteroatoms. The van der Waals surface area contributed by atoms with Gasteiger partial charge in [0.2, 0.25) is 5.95 Å². The van der Waals surface area contributed by atoms with Gasteiger partial charge in [-0.3, -0.25) is 9.78 Å². The molecule has 0 amide bonds. The van der Waals surface area contributed by atoms with E-state index in [0.29, 0.717) is 17.5 Å². The minimum Gasteiger partial charge on any atom is -0.394 e. The van der Waals surface area contributed by atoms with Gasteiger partial charge < -0.3 is 25.3 Å². The highest BCUT2D eigenvalue weighted by atomic mass is 16.5. The van der Waals surface area contributed by atoms with Crippen molar-refractivity contribution in [2.75, 3.05) is 12.3 Å². The van der Waals surface area contributed by atoms with Crippen molar-refractivity contribution in [3.63, 3.8) is 0 Å². The van der Waals surface area contributed by atoms with E-state index in [4.69, 9.17) is 15.6 Å². The summed E-state index contributed by atoms with van der Waals surface area (Å²) in [6, 6.07) is 1.61. The highest BCUT2D eigenvalue weighted by molar-refractivity contribution is 5.76. The fraction of sp³-hybridized carbons (Fsp3) is 0.455. The van der Waals surface area contributed by atoms with Crippen molar-refractivity contribution in [2.24, 2.45) is 0 Å². The van der Waals surface area contributed by atoms with Crippen LogP contribution in [0.3, 0.4) is 0 Å². The van der Waals surface area contributed by atoms with Gasteiger partial charge in [-0.25, -0.2) is 0 Å². The van der Waals surface area contributed by atoms with Crippen LogP contribution in [0.5, 0.6) is 0 Å². The second-order valence-electron chi connectivity index (χ2n) is 4.53. The van der Waals surface area contributed by atoms with E-state index >= 15 is 0 Å². The zero-order chi connectivity index (χ0) is 13.6. The zero-order valence-corrected chi connectivity index (χ0v) is 9.98. The van der Waals surface area contributed by atoms with Crippen molar-refractivity contribution in [2.45, 2.75) is 24.9 Å². The number of nitrogens with zero attached hydrogens (tertiary/aromatic N) is 2. The largest absolute Gasteiger partial charge is 0.394 e. The van der Waals surface area contributed by atoms with E-state index in [1.165, 1.54) is 0 Å². The molecule has 1 fully saturated rings. The number of aromatic nitrogens is 3. The van der Waals surface area contributed by atoms with Crippen molar-refractivity contribution < 1.29 is 14.9 Å². The average molecular weight is 266 g/mol. The molecule has 0 aliphatic carbocycles. The minimum absolute atomic E-state index is 0.0229. The van der Waals surface area contributed by atoms with Gasteiger partial charge in [-0.1, -0.05) is 0 Å². The van der Waals surface area contributed by atoms with E-state index < -0.39 is 18.4 Å². The van der Waals surface area contributed by atoms with E-state index in [9.17, 15) is 9.90 Å². The number of ether oxygens (including phenoxy) is 1. The highest BCUT2D eigenvalue weighted by Gasteiger charge is 2.35. The number of hydrogen-bond donors (Lipinski definition) is 4. The van der Waals surface area contributed by atoms with Crippen LogP contribution < -0.4 is 11.3 Å². The summed E-state index contributed by atoms with van der Waals surface area (Å²) in [7, 11) is 0. The summed E-state index contributed by atoms with van der Waals surface area (Å²) in [4.78, 5) is 18.2. The summed E-state index contributed by atoms with van der Waals surface area (Å²) < 4.78 is 7.16. The van der Waals surface area contributed by atoms with Gasteiger partial charge >= 0.3 is 0 Å². The lowest BCUT2D eigenvalue weighted by Crippen LogP contribution is -2.24. The van der Waals surface area contributed by atoms with Crippen molar-refractivity contribution in [3.05, 3.63) is 22.6 Å². The Bertz CT molecular complexity index is 664. The lowest BCUT2D eigenvalue weighted by Gasteiger charge is -2.14. The van der Waals surface area contributed by atoms with Crippen LogP contribution >= 0.6 is 0 Å². The lowest BCUT2D eigenvalue weighted by molar-refractivity contribution is -0.0430. The lowest BCUT2D eigenvalue weighted by atomic mass is 10.2. The normalized spacial score (nSPS) is 27.2. The predicted octanol–water partition coefficient (Wildman–Crippen LogP) is -1.05. The first-order chi connectivity index (χ1) is 9.10. The summed E-state index contributed by atoms with van der Waals surface area (Å²) in [5, 5.41) is 19.2. The number of aromatic amines is 1. The van der Waals surface area contributed by atoms with E-state index in [1.54, 1.807) is 16.8 Å². The first kappa shape index (κ1) is 12.2. The Morgan fingerprint density at radius 1 is 1.63 bits per heavy atom. The molecular formula is C11H14N4O4. The van der Waals surface area contributed by atoms with Crippen molar-refractivity contribution >= 4 is 17.0 Å². The number of aliphatic hydroxyl groups excluding tert-OH is 2. The van der Waals surface area contributed by atoms with Crippen molar-refractivity contribution in [1.82, 2.24) is 14.5 Å². The molecule has 2 aromatic heterocycles. The second kappa shape index (κ2) is 4.34. The van der Waals surface area contributed by atoms with E-state index in [0.717, 1.165) is 0 Å². The summed E-state index contributed by atoms with van der Waals surface area (Å²) in [6.45, 7) is -0.257. The molecule has 1 aliphatic heterocycles. The first-order valence-corrected chi connectivity index (χ1v) is 5.91. The second-order valence-corrected chi connectivity index (χ2v) is 4.53. The van der Waals surface area contributed by atoms with Crippen LogP contribution in [-0.4, -0.2) is 43.6 Å². The molecule has 19 heavy (non-hydrogen) atoms. The Labute approximate surface area is 107 Å². The van der Waals surface area contributed by atoms with Gasteiger partial charge in [0.15, 0.2) is 5.65 Å². The van der Waals surface area contributed by atoms with Crippen molar-refractivity contribution in [1.29, 1.82) is 0 Å². The molecule has 0 aromatic carbocycles.